The van der Waals surface area contributed by atoms with E-state index in [4.69, 9.17) is 14.5 Å². The van der Waals surface area contributed by atoms with Gasteiger partial charge in [-0.3, -0.25) is 4.90 Å². The Hall–Kier alpha value is -3.25. The molecule has 4 rings (SSSR count). The standard InChI is InChI=1S/C24H27N3O3/c1-29-22-9-5-3-7-19(22)24-21(28)12-11-18(25-24)17-26-13-15-27(16-14-26)20-8-4-6-10-23(20)30-2/h3-12,28H,13-17H2,1-2H3. The zero-order valence-corrected chi connectivity index (χ0v) is 17.4. The third kappa shape index (κ3) is 4.19. The molecule has 0 radical (unpaired) electrons. The lowest BCUT2D eigenvalue weighted by Crippen LogP contribution is -2.46. The number of para-hydroxylation sites is 3. The molecule has 1 saturated heterocycles. The second kappa shape index (κ2) is 9.05. The maximum Gasteiger partial charge on any atom is 0.142 e. The average Bonchev–Trinajstić information content (AvgIpc) is 2.81. The van der Waals surface area contributed by atoms with Crippen LogP contribution in [0.2, 0.25) is 0 Å². The largest absolute Gasteiger partial charge is 0.506 e. The summed E-state index contributed by atoms with van der Waals surface area (Å²) in [7, 11) is 3.34. The summed E-state index contributed by atoms with van der Waals surface area (Å²) in [5.41, 5.74) is 3.42. The average molecular weight is 405 g/mol. The number of methoxy groups -OCH3 is 2. The SMILES string of the molecule is COc1ccccc1-c1nc(CN2CCN(c3ccccc3OC)CC2)ccc1O. The number of hydrogen-bond acceptors (Lipinski definition) is 6. The van der Waals surface area contributed by atoms with Crippen molar-refractivity contribution in [3.8, 4) is 28.5 Å². The molecule has 2 heterocycles. The molecule has 0 spiro atoms. The topological polar surface area (TPSA) is 58.1 Å². The molecule has 0 unspecified atom stereocenters. The summed E-state index contributed by atoms with van der Waals surface area (Å²) >= 11 is 0. The van der Waals surface area contributed by atoms with Gasteiger partial charge in [0.25, 0.3) is 0 Å². The maximum absolute atomic E-state index is 10.4. The lowest BCUT2D eigenvalue weighted by Gasteiger charge is -2.36. The number of benzene rings is 2. The first-order chi connectivity index (χ1) is 14.7. The first-order valence-corrected chi connectivity index (χ1v) is 10.1. The van der Waals surface area contributed by atoms with Crippen LogP contribution < -0.4 is 14.4 Å². The van der Waals surface area contributed by atoms with Crippen LogP contribution in [0.1, 0.15) is 5.69 Å². The molecule has 1 aliphatic rings. The Morgan fingerprint density at radius 1 is 0.833 bits per heavy atom. The highest BCUT2D eigenvalue weighted by Gasteiger charge is 2.20. The highest BCUT2D eigenvalue weighted by atomic mass is 16.5. The quantitative estimate of drug-likeness (QED) is 0.673. The first-order valence-electron chi connectivity index (χ1n) is 10.1. The second-order valence-corrected chi connectivity index (χ2v) is 7.31. The molecule has 1 aromatic heterocycles. The number of aromatic nitrogens is 1. The van der Waals surface area contributed by atoms with E-state index >= 15 is 0 Å². The van der Waals surface area contributed by atoms with Gasteiger partial charge in [0, 0.05) is 38.3 Å². The molecule has 0 amide bonds. The number of rotatable bonds is 6. The third-order valence-corrected chi connectivity index (χ3v) is 5.48. The van der Waals surface area contributed by atoms with Gasteiger partial charge in [0.2, 0.25) is 0 Å². The predicted molar refractivity (Wildman–Crippen MR) is 118 cm³/mol. The van der Waals surface area contributed by atoms with E-state index in [0.717, 1.165) is 55.4 Å². The summed E-state index contributed by atoms with van der Waals surface area (Å²) in [6.07, 6.45) is 0. The normalized spacial score (nSPS) is 14.5. The molecule has 2 aromatic carbocycles. The van der Waals surface area contributed by atoms with Crippen LogP contribution in [0.5, 0.6) is 17.2 Å². The van der Waals surface area contributed by atoms with Crippen molar-refractivity contribution in [3.63, 3.8) is 0 Å². The van der Waals surface area contributed by atoms with E-state index in [0.29, 0.717) is 11.4 Å². The maximum atomic E-state index is 10.4. The molecule has 1 N–H and O–H groups in total. The number of ether oxygens (including phenoxy) is 2. The molecule has 0 saturated carbocycles. The van der Waals surface area contributed by atoms with Crippen LogP contribution in [0.15, 0.2) is 60.7 Å². The Labute approximate surface area is 177 Å². The number of nitrogens with zero attached hydrogens (tertiary/aromatic N) is 3. The lowest BCUT2D eigenvalue weighted by atomic mass is 10.1. The smallest absolute Gasteiger partial charge is 0.142 e. The van der Waals surface area contributed by atoms with E-state index in [1.807, 2.05) is 48.5 Å². The molecule has 156 valence electrons. The van der Waals surface area contributed by atoms with Crippen molar-refractivity contribution in [3.05, 3.63) is 66.4 Å². The van der Waals surface area contributed by atoms with Crippen molar-refractivity contribution in [1.82, 2.24) is 9.88 Å². The van der Waals surface area contributed by atoms with Gasteiger partial charge in [0.15, 0.2) is 0 Å². The lowest BCUT2D eigenvalue weighted by molar-refractivity contribution is 0.246. The molecular weight excluding hydrogens is 378 g/mol. The van der Waals surface area contributed by atoms with Crippen molar-refractivity contribution < 1.29 is 14.6 Å². The molecule has 0 atom stereocenters. The minimum absolute atomic E-state index is 0.157. The zero-order valence-electron chi connectivity index (χ0n) is 17.4. The molecule has 30 heavy (non-hydrogen) atoms. The third-order valence-electron chi connectivity index (χ3n) is 5.48. The van der Waals surface area contributed by atoms with Gasteiger partial charge in [0.1, 0.15) is 22.9 Å². The van der Waals surface area contributed by atoms with E-state index in [2.05, 4.69) is 15.9 Å². The van der Waals surface area contributed by atoms with Gasteiger partial charge >= 0.3 is 0 Å². The van der Waals surface area contributed by atoms with Crippen molar-refractivity contribution in [2.24, 2.45) is 0 Å². The first kappa shape index (κ1) is 20.0. The van der Waals surface area contributed by atoms with Crippen molar-refractivity contribution >= 4 is 5.69 Å². The van der Waals surface area contributed by atoms with E-state index < -0.39 is 0 Å². The summed E-state index contributed by atoms with van der Waals surface area (Å²) in [6.45, 7) is 4.47. The van der Waals surface area contributed by atoms with E-state index in [9.17, 15) is 5.11 Å². The van der Waals surface area contributed by atoms with Crippen LogP contribution in [0, 0.1) is 0 Å². The van der Waals surface area contributed by atoms with Gasteiger partial charge in [0.05, 0.1) is 25.6 Å². The van der Waals surface area contributed by atoms with Gasteiger partial charge in [-0.25, -0.2) is 4.98 Å². The van der Waals surface area contributed by atoms with Gasteiger partial charge in [-0.2, -0.15) is 0 Å². The number of piperazine rings is 1. The number of pyridine rings is 1. The van der Waals surface area contributed by atoms with Crippen LogP contribution >= 0.6 is 0 Å². The van der Waals surface area contributed by atoms with Gasteiger partial charge in [-0.05, 0) is 36.4 Å². The van der Waals surface area contributed by atoms with E-state index in [-0.39, 0.29) is 5.75 Å². The minimum Gasteiger partial charge on any atom is -0.506 e. The van der Waals surface area contributed by atoms with Crippen LogP contribution in [0.25, 0.3) is 11.3 Å². The molecule has 6 heteroatoms. The Balaban J connectivity index is 1.46. The molecular formula is C24H27N3O3. The molecule has 3 aromatic rings. The summed E-state index contributed by atoms with van der Waals surface area (Å²) < 4.78 is 10.9. The summed E-state index contributed by atoms with van der Waals surface area (Å²) in [5, 5.41) is 10.4. The van der Waals surface area contributed by atoms with Crippen molar-refractivity contribution in [2.45, 2.75) is 6.54 Å². The number of hydrogen-bond donors (Lipinski definition) is 1. The fourth-order valence-corrected chi connectivity index (χ4v) is 3.89. The fourth-order valence-electron chi connectivity index (χ4n) is 3.89. The van der Waals surface area contributed by atoms with Crippen LogP contribution in [-0.2, 0) is 6.54 Å². The van der Waals surface area contributed by atoms with Gasteiger partial charge < -0.3 is 19.5 Å². The molecule has 0 aliphatic carbocycles. The highest BCUT2D eigenvalue weighted by Crippen LogP contribution is 2.34. The predicted octanol–water partition coefficient (Wildman–Crippen LogP) is 3.79. The van der Waals surface area contributed by atoms with Crippen molar-refractivity contribution in [2.75, 3.05) is 45.3 Å². The Bertz CT molecular complexity index is 1000. The number of anilines is 1. The summed E-state index contributed by atoms with van der Waals surface area (Å²) in [4.78, 5) is 9.49. The van der Waals surface area contributed by atoms with Crippen molar-refractivity contribution in [1.29, 1.82) is 0 Å². The van der Waals surface area contributed by atoms with E-state index in [1.165, 1.54) is 0 Å². The minimum atomic E-state index is 0.157. The van der Waals surface area contributed by atoms with Gasteiger partial charge in [-0.15, -0.1) is 0 Å². The molecule has 0 bridgehead atoms. The summed E-state index contributed by atoms with van der Waals surface area (Å²) in [6, 6.07) is 19.4. The van der Waals surface area contributed by atoms with Crippen LogP contribution in [0.4, 0.5) is 5.69 Å². The van der Waals surface area contributed by atoms with Crippen LogP contribution in [0.3, 0.4) is 0 Å². The number of aromatic hydroxyl groups is 1. The highest BCUT2D eigenvalue weighted by molar-refractivity contribution is 5.72. The Kier molecular flexibility index (Phi) is 6.05. The van der Waals surface area contributed by atoms with Crippen LogP contribution in [-0.4, -0.2) is 55.4 Å². The Morgan fingerprint density at radius 2 is 1.50 bits per heavy atom. The molecule has 1 fully saturated rings. The van der Waals surface area contributed by atoms with E-state index in [1.54, 1.807) is 20.3 Å². The zero-order chi connectivity index (χ0) is 20.9. The van der Waals surface area contributed by atoms with Gasteiger partial charge in [-0.1, -0.05) is 24.3 Å². The fraction of sp³-hybridized carbons (Fsp3) is 0.292. The monoisotopic (exact) mass is 405 g/mol. The molecule has 1 aliphatic heterocycles. The molecule has 6 nitrogen and oxygen atoms in total. The Morgan fingerprint density at radius 3 is 2.23 bits per heavy atom. The summed E-state index contributed by atoms with van der Waals surface area (Å²) in [5.74, 6) is 1.76. The second-order valence-electron chi connectivity index (χ2n) is 7.31.